The van der Waals surface area contributed by atoms with E-state index >= 15 is 0 Å². The van der Waals surface area contributed by atoms with Crippen LogP contribution in [0.4, 0.5) is 0 Å². The number of fused-ring (bicyclic) bond motifs is 2. The predicted molar refractivity (Wildman–Crippen MR) is 160 cm³/mol. The van der Waals surface area contributed by atoms with E-state index in [1.54, 1.807) is 17.0 Å². The van der Waals surface area contributed by atoms with Gasteiger partial charge in [0.05, 0.1) is 18.1 Å². The van der Waals surface area contributed by atoms with Gasteiger partial charge in [0.15, 0.2) is 5.78 Å². The third-order valence-electron chi connectivity index (χ3n) is 10.1. The van der Waals surface area contributed by atoms with Gasteiger partial charge in [0.25, 0.3) is 5.91 Å². The van der Waals surface area contributed by atoms with Gasteiger partial charge in [-0.05, 0) is 61.3 Å². The van der Waals surface area contributed by atoms with Crippen molar-refractivity contribution >= 4 is 46.0 Å². The second kappa shape index (κ2) is 11.1. The molecule has 2 aliphatic heterocycles. The van der Waals surface area contributed by atoms with Crippen LogP contribution in [-0.2, 0) is 25.7 Å². The number of likely N-dealkylation sites (tertiary alicyclic amines) is 1. The quantitative estimate of drug-likeness (QED) is 0.344. The molecule has 3 amide bonds. The zero-order chi connectivity index (χ0) is 29.7. The third kappa shape index (κ3) is 5.02. The largest absolute Gasteiger partial charge is 0.369 e. The zero-order valence-electron chi connectivity index (χ0n) is 23.8. The van der Waals surface area contributed by atoms with Crippen LogP contribution >= 0.6 is 11.6 Å². The number of aromatic nitrogens is 1. The molecule has 9 nitrogen and oxygen atoms in total. The average molecular weight is 603 g/mol. The fourth-order valence-electron chi connectivity index (χ4n) is 7.82. The lowest BCUT2D eigenvalue weighted by atomic mass is 9.92. The summed E-state index contributed by atoms with van der Waals surface area (Å²) < 4.78 is 5.77. The van der Waals surface area contributed by atoms with Gasteiger partial charge in [-0.15, -0.1) is 0 Å². The van der Waals surface area contributed by atoms with Crippen molar-refractivity contribution < 1.29 is 23.9 Å². The van der Waals surface area contributed by atoms with Crippen LogP contribution in [0, 0.1) is 23.2 Å². The average Bonchev–Trinajstić information content (AvgIpc) is 3.44. The molecule has 2 aromatic carbocycles. The van der Waals surface area contributed by atoms with Crippen LogP contribution in [0.25, 0.3) is 10.9 Å². The van der Waals surface area contributed by atoms with Gasteiger partial charge in [0.2, 0.25) is 11.8 Å². The number of benzene rings is 2. The normalized spacial score (nSPS) is 28.2. The van der Waals surface area contributed by atoms with Crippen molar-refractivity contribution in [3.05, 3.63) is 70.9 Å². The molecule has 2 aliphatic carbocycles. The highest BCUT2D eigenvalue weighted by atomic mass is 35.5. The van der Waals surface area contributed by atoms with E-state index in [0.29, 0.717) is 36.6 Å². The Morgan fingerprint density at radius 3 is 2.72 bits per heavy atom. The molecule has 3 N–H and O–H groups in total. The molecule has 4 aliphatic rings. The number of hydrogen-bond acceptors (Lipinski definition) is 5. The minimum absolute atomic E-state index is 0.0185. The van der Waals surface area contributed by atoms with Crippen molar-refractivity contribution in [2.24, 2.45) is 23.2 Å². The van der Waals surface area contributed by atoms with E-state index in [4.69, 9.17) is 16.3 Å². The summed E-state index contributed by atoms with van der Waals surface area (Å²) in [5.41, 5.74) is 1.45. The van der Waals surface area contributed by atoms with Gasteiger partial charge in [-0.3, -0.25) is 19.2 Å². The number of rotatable bonds is 9. The van der Waals surface area contributed by atoms with Crippen molar-refractivity contribution in [3.8, 4) is 0 Å². The first-order chi connectivity index (χ1) is 20.9. The topological polar surface area (TPSA) is 121 Å². The second-order valence-electron chi connectivity index (χ2n) is 12.5. The summed E-state index contributed by atoms with van der Waals surface area (Å²) in [7, 11) is 0. The first-order valence-corrected chi connectivity index (χ1v) is 15.5. The minimum Gasteiger partial charge on any atom is -0.369 e. The number of Topliss-reactive ketones (excluding diaryl/α,β-unsaturated/α-hetero) is 1. The number of hydrogen-bond donors (Lipinski definition) is 3. The second-order valence-corrected chi connectivity index (χ2v) is 13.0. The summed E-state index contributed by atoms with van der Waals surface area (Å²) >= 11 is 6.37. The molecule has 2 saturated heterocycles. The zero-order valence-corrected chi connectivity index (χ0v) is 24.6. The molecule has 3 heterocycles. The van der Waals surface area contributed by atoms with Gasteiger partial charge >= 0.3 is 0 Å². The molecule has 10 heteroatoms. The number of amides is 3. The molecule has 7 rings (SSSR count). The molecule has 0 radical (unpaired) electrons. The van der Waals surface area contributed by atoms with Crippen molar-refractivity contribution in [1.82, 2.24) is 20.5 Å². The first kappa shape index (κ1) is 28.1. The standard InChI is InChI=1S/C33H35ClN4O5/c34-24-10-5-11-25-22(24)14-26(36-25)31(41)38-16-20-8-4-9-21(20)29(38)30(40)37-28(23-15-33(23)12-13-35-32(33)42)27(39)18-43-17-19-6-2-1-3-7-19/h1-3,5-7,10-11,14,20-21,23,28-29,36H,4,8-9,12-13,15-18H2,(H,35,42)(H,37,40)/t20-,21-,23?,28-,29-,33-/m0/s1. The Morgan fingerprint density at radius 1 is 1.12 bits per heavy atom. The summed E-state index contributed by atoms with van der Waals surface area (Å²) in [6.45, 7) is 1.15. The van der Waals surface area contributed by atoms with Crippen molar-refractivity contribution in [2.75, 3.05) is 19.7 Å². The highest BCUT2D eigenvalue weighted by Crippen LogP contribution is 2.59. The van der Waals surface area contributed by atoms with Gasteiger partial charge in [0.1, 0.15) is 18.3 Å². The molecule has 6 atom stereocenters. The van der Waals surface area contributed by atoms with E-state index in [9.17, 15) is 19.2 Å². The number of H-pyrrole nitrogens is 1. The predicted octanol–water partition coefficient (Wildman–Crippen LogP) is 3.86. The monoisotopic (exact) mass is 602 g/mol. The van der Waals surface area contributed by atoms with Crippen LogP contribution in [-0.4, -0.2) is 65.2 Å². The number of nitrogens with zero attached hydrogens (tertiary/aromatic N) is 1. The Hall–Kier alpha value is -3.69. The van der Waals surface area contributed by atoms with E-state index in [2.05, 4.69) is 15.6 Å². The molecule has 2 saturated carbocycles. The summed E-state index contributed by atoms with van der Waals surface area (Å²) in [5, 5.41) is 7.25. The minimum atomic E-state index is -0.864. The van der Waals surface area contributed by atoms with Crippen LogP contribution in [0.5, 0.6) is 0 Å². The molecule has 0 bridgehead atoms. The molecule has 3 aromatic rings. The SMILES string of the molecule is O=C(COCc1ccccc1)[C@@H](NC(=O)[C@@H]1[C@H]2CCC[C@H]2CN1C(=O)c1cc2c(Cl)cccc2[nH]1)C1C[C@@]12CCNC2=O. The van der Waals surface area contributed by atoms with Gasteiger partial charge in [0, 0.05) is 34.9 Å². The highest BCUT2D eigenvalue weighted by Gasteiger charge is 2.66. The van der Waals surface area contributed by atoms with Crippen LogP contribution in [0.1, 0.15) is 48.2 Å². The molecule has 1 aromatic heterocycles. The van der Waals surface area contributed by atoms with Crippen molar-refractivity contribution in [2.45, 2.75) is 50.8 Å². The number of carbonyl (C=O) groups excluding carboxylic acids is 4. The summed E-state index contributed by atoms with van der Waals surface area (Å²) in [6.07, 6.45) is 3.99. The van der Waals surface area contributed by atoms with Gasteiger partial charge < -0.3 is 25.3 Å². The Bertz CT molecular complexity index is 1590. The van der Waals surface area contributed by atoms with E-state index < -0.39 is 17.5 Å². The Balaban J connectivity index is 1.12. The Morgan fingerprint density at radius 2 is 1.95 bits per heavy atom. The van der Waals surface area contributed by atoms with E-state index in [0.717, 1.165) is 35.7 Å². The summed E-state index contributed by atoms with van der Waals surface area (Å²) in [4.78, 5) is 59.3. The van der Waals surface area contributed by atoms with Crippen LogP contribution in [0.2, 0.25) is 5.02 Å². The fourth-order valence-corrected chi connectivity index (χ4v) is 8.05. The summed E-state index contributed by atoms with van der Waals surface area (Å²) in [5.74, 6) is -0.954. The van der Waals surface area contributed by atoms with Crippen molar-refractivity contribution in [1.29, 1.82) is 0 Å². The molecular weight excluding hydrogens is 568 g/mol. The van der Waals surface area contributed by atoms with E-state index in [1.165, 1.54) is 0 Å². The third-order valence-corrected chi connectivity index (χ3v) is 10.4. The van der Waals surface area contributed by atoms with Crippen LogP contribution < -0.4 is 10.6 Å². The van der Waals surface area contributed by atoms with Crippen LogP contribution in [0.15, 0.2) is 54.6 Å². The lowest BCUT2D eigenvalue weighted by molar-refractivity contribution is -0.134. The maximum Gasteiger partial charge on any atom is 0.271 e. The van der Waals surface area contributed by atoms with Crippen LogP contribution in [0.3, 0.4) is 0 Å². The summed E-state index contributed by atoms with van der Waals surface area (Å²) in [6, 6.07) is 15.2. The van der Waals surface area contributed by atoms with Gasteiger partial charge in [-0.25, -0.2) is 0 Å². The van der Waals surface area contributed by atoms with Crippen molar-refractivity contribution in [3.63, 3.8) is 0 Å². The lowest BCUT2D eigenvalue weighted by Gasteiger charge is -2.29. The fraction of sp³-hybridized carbons (Fsp3) is 0.455. The van der Waals surface area contributed by atoms with E-state index in [-0.39, 0.29) is 54.5 Å². The molecule has 1 spiro atoms. The lowest BCUT2D eigenvalue weighted by Crippen LogP contribution is -2.54. The Kier molecular flexibility index (Phi) is 7.26. The smallest absolute Gasteiger partial charge is 0.271 e. The van der Waals surface area contributed by atoms with E-state index in [1.807, 2.05) is 42.5 Å². The molecule has 4 fully saturated rings. The van der Waals surface area contributed by atoms with Gasteiger partial charge in [-0.1, -0.05) is 54.4 Å². The first-order valence-electron chi connectivity index (χ1n) is 15.2. The maximum absolute atomic E-state index is 14.2. The molecular formula is C33H35ClN4O5. The number of ether oxygens (including phenoxy) is 1. The number of halogens is 1. The number of ketones is 1. The Labute approximate surface area is 254 Å². The molecule has 43 heavy (non-hydrogen) atoms. The molecule has 1 unspecified atom stereocenters. The number of nitrogens with one attached hydrogen (secondary N) is 3. The molecule has 224 valence electrons. The van der Waals surface area contributed by atoms with Gasteiger partial charge in [-0.2, -0.15) is 0 Å². The number of carbonyl (C=O) groups is 4. The number of aromatic amines is 1. The maximum atomic E-state index is 14.2. The highest BCUT2D eigenvalue weighted by molar-refractivity contribution is 6.35.